The summed E-state index contributed by atoms with van der Waals surface area (Å²) in [6.07, 6.45) is 0. The van der Waals surface area contributed by atoms with Crippen molar-refractivity contribution in [3.8, 4) is 17.2 Å². The third-order valence-corrected chi connectivity index (χ3v) is 5.23. The van der Waals surface area contributed by atoms with Gasteiger partial charge in [0.05, 0.1) is 25.9 Å². The van der Waals surface area contributed by atoms with Crippen LogP contribution >= 0.6 is 0 Å². The predicted molar refractivity (Wildman–Crippen MR) is 122 cm³/mol. The first-order valence-corrected chi connectivity index (χ1v) is 10.7. The number of hydrogen-bond acceptors (Lipinski definition) is 5. The first kappa shape index (κ1) is 24.3. The van der Waals surface area contributed by atoms with Crippen molar-refractivity contribution in [1.29, 1.82) is 0 Å². The molecule has 0 fully saturated rings. The first-order chi connectivity index (χ1) is 14.7. The van der Waals surface area contributed by atoms with Crippen LogP contribution in [0.15, 0.2) is 30.3 Å². The van der Waals surface area contributed by atoms with Crippen LogP contribution in [-0.2, 0) is 0 Å². The Morgan fingerprint density at radius 3 is 1.87 bits per heavy atom. The number of carbonyl (C=O) groups is 2. The van der Waals surface area contributed by atoms with Crippen LogP contribution in [0.25, 0.3) is 0 Å². The zero-order valence-electron chi connectivity index (χ0n) is 19.6. The number of hydrogen-bond donors (Lipinski definition) is 0. The van der Waals surface area contributed by atoms with Crippen molar-refractivity contribution in [3.63, 3.8) is 0 Å². The van der Waals surface area contributed by atoms with E-state index >= 15 is 0 Å². The van der Waals surface area contributed by atoms with Crippen molar-refractivity contribution in [3.05, 3.63) is 52.6 Å². The van der Waals surface area contributed by atoms with Crippen molar-refractivity contribution in [2.45, 2.75) is 47.6 Å². The van der Waals surface area contributed by atoms with Crippen LogP contribution in [0.4, 0.5) is 0 Å². The fraction of sp³-hybridized carbons (Fsp3) is 0.440. The highest BCUT2D eigenvalue weighted by Crippen LogP contribution is 2.39. The molecule has 6 nitrogen and oxygen atoms in total. The lowest BCUT2D eigenvalue weighted by Gasteiger charge is -2.25. The molecule has 31 heavy (non-hydrogen) atoms. The number of ketones is 1. The topological polar surface area (TPSA) is 65.1 Å². The Morgan fingerprint density at radius 1 is 0.839 bits per heavy atom. The second-order valence-corrected chi connectivity index (χ2v) is 7.36. The average molecular weight is 428 g/mol. The standard InChI is InChI=1S/C25H33NO5/c1-8-29-21-14-20(15-22(30-9-2)24(21)31-10-3)25(28)26(7)18(6)23(27)19-12-11-16(4)17(5)13-19/h11-15,18H,8-10H2,1-7H3. The van der Waals surface area contributed by atoms with E-state index in [2.05, 4.69) is 0 Å². The number of ether oxygens (including phenoxy) is 3. The molecule has 2 rings (SSSR count). The highest BCUT2D eigenvalue weighted by molar-refractivity contribution is 6.04. The van der Waals surface area contributed by atoms with Crippen molar-refractivity contribution in [2.75, 3.05) is 26.9 Å². The number of rotatable bonds is 10. The van der Waals surface area contributed by atoms with Gasteiger partial charge in [0.1, 0.15) is 0 Å². The summed E-state index contributed by atoms with van der Waals surface area (Å²) >= 11 is 0. The van der Waals surface area contributed by atoms with Gasteiger partial charge in [0.2, 0.25) is 5.75 Å². The maximum Gasteiger partial charge on any atom is 0.254 e. The molecule has 0 radical (unpaired) electrons. The maximum atomic E-state index is 13.2. The molecule has 2 aromatic carbocycles. The largest absolute Gasteiger partial charge is 0.490 e. The number of aryl methyl sites for hydroxylation is 2. The second kappa shape index (κ2) is 10.8. The predicted octanol–water partition coefficient (Wildman–Crippen LogP) is 4.84. The summed E-state index contributed by atoms with van der Waals surface area (Å²) in [5, 5.41) is 0. The molecule has 1 amide bonds. The van der Waals surface area contributed by atoms with E-state index in [4.69, 9.17) is 14.2 Å². The zero-order chi connectivity index (χ0) is 23.1. The van der Waals surface area contributed by atoms with Crippen LogP contribution in [0.5, 0.6) is 17.2 Å². The molecule has 6 heteroatoms. The molecule has 2 aromatic rings. The summed E-state index contributed by atoms with van der Waals surface area (Å²) in [6.45, 7) is 12.6. The molecule has 168 valence electrons. The van der Waals surface area contributed by atoms with E-state index in [1.165, 1.54) is 4.90 Å². The van der Waals surface area contributed by atoms with Crippen molar-refractivity contribution >= 4 is 11.7 Å². The molecule has 0 aliphatic carbocycles. The number of nitrogens with zero attached hydrogens (tertiary/aromatic N) is 1. The van der Waals surface area contributed by atoms with E-state index < -0.39 is 6.04 Å². The molecule has 0 bridgehead atoms. The molecular formula is C25H33NO5. The molecule has 0 N–H and O–H groups in total. The van der Waals surface area contributed by atoms with E-state index in [0.717, 1.165) is 11.1 Å². The summed E-state index contributed by atoms with van der Waals surface area (Å²) in [7, 11) is 1.63. The van der Waals surface area contributed by atoms with Gasteiger partial charge in [-0.25, -0.2) is 0 Å². The average Bonchev–Trinajstić information content (AvgIpc) is 2.75. The SMILES string of the molecule is CCOc1cc(C(=O)N(C)C(C)C(=O)c2ccc(C)c(C)c2)cc(OCC)c1OCC. The minimum atomic E-state index is -0.632. The number of Topliss-reactive ketones (excluding diaryl/α,β-unsaturated/α-hetero) is 1. The fourth-order valence-corrected chi connectivity index (χ4v) is 3.20. The molecule has 0 aliphatic rings. The van der Waals surface area contributed by atoms with E-state index in [1.54, 1.807) is 32.2 Å². The summed E-state index contributed by atoms with van der Waals surface area (Å²) in [6, 6.07) is 8.24. The van der Waals surface area contributed by atoms with Gasteiger partial charge in [-0.2, -0.15) is 0 Å². The van der Waals surface area contributed by atoms with E-state index in [0.29, 0.717) is 48.2 Å². The maximum absolute atomic E-state index is 13.2. The Morgan fingerprint density at radius 2 is 1.39 bits per heavy atom. The van der Waals surface area contributed by atoms with E-state index in [9.17, 15) is 9.59 Å². The molecule has 0 spiro atoms. The number of amides is 1. The van der Waals surface area contributed by atoms with Gasteiger partial charge in [0.25, 0.3) is 5.91 Å². The summed E-state index contributed by atoms with van der Waals surface area (Å²) in [5.41, 5.74) is 3.13. The van der Waals surface area contributed by atoms with Crippen LogP contribution in [0.3, 0.4) is 0 Å². The third-order valence-electron chi connectivity index (χ3n) is 5.23. The van der Waals surface area contributed by atoms with Gasteiger partial charge < -0.3 is 19.1 Å². The molecule has 0 aromatic heterocycles. The normalized spacial score (nSPS) is 11.6. The fourth-order valence-electron chi connectivity index (χ4n) is 3.20. The summed E-state index contributed by atoms with van der Waals surface area (Å²) < 4.78 is 17.1. The van der Waals surface area contributed by atoms with Crippen LogP contribution in [0.1, 0.15) is 59.5 Å². The molecular weight excluding hydrogens is 394 g/mol. The van der Waals surface area contributed by atoms with Gasteiger partial charge >= 0.3 is 0 Å². The Balaban J connectivity index is 2.36. The van der Waals surface area contributed by atoms with Crippen LogP contribution in [0, 0.1) is 13.8 Å². The van der Waals surface area contributed by atoms with Crippen molar-refractivity contribution in [2.24, 2.45) is 0 Å². The van der Waals surface area contributed by atoms with Gasteiger partial charge in [-0.3, -0.25) is 9.59 Å². The van der Waals surface area contributed by atoms with Gasteiger partial charge in [0.15, 0.2) is 17.3 Å². The van der Waals surface area contributed by atoms with Crippen molar-refractivity contribution < 1.29 is 23.8 Å². The minimum Gasteiger partial charge on any atom is -0.490 e. The Kier molecular flexibility index (Phi) is 8.48. The van der Waals surface area contributed by atoms with Crippen LogP contribution < -0.4 is 14.2 Å². The van der Waals surface area contributed by atoms with Crippen LogP contribution in [-0.4, -0.2) is 49.5 Å². The molecule has 0 heterocycles. The molecule has 0 saturated carbocycles. The van der Waals surface area contributed by atoms with Gasteiger partial charge in [-0.15, -0.1) is 0 Å². The van der Waals surface area contributed by atoms with E-state index in [-0.39, 0.29) is 11.7 Å². The highest BCUT2D eigenvalue weighted by atomic mass is 16.5. The molecule has 0 aliphatic heterocycles. The van der Waals surface area contributed by atoms with E-state index in [1.807, 2.05) is 46.8 Å². The van der Waals surface area contributed by atoms with Crippen molar-refractivity contribution in [1.82, 2.24) is 4.90 Å². The first-order valence-electron chi connectivity index (χ1n) is 10.7. The third kappa shape index (κ3) is 5.57. The smallest absolute Gasteiger partial charge is 0.254 e. The quantitative estimate of drug-likeness (QED) is 0.508. The Hall–Kier alpha value is -3.02. The number of benzene rings is 2. The minimum absolute atomic E-state index is 0.111. The Bertz CT molecular complexity index is 910. The van der Waals surface area contributed by atoms with Gasteiger partial charge in [0, 0.05) is 18.2 Å². The monoisotopic (exact) mass is 427 g/mol. The molecule has 1 atom stereocenters. The summed E-state index contributed by atoms with van der Waals surface area (Å²) in [5.74, 6) is 0.958. The van der Waals surface area contributed by atoms with Gasteiger partial charge in [-0.05, 0) is 70.9 Å². The molecule has 0 saturated heterocycles. The number of carbonyl (C=O) groups excluding carboxylic acids is 2. The second-order valence-electron chi connectivity index (χ2n) is 7.36. The zero-order valence-corrected chi connectivity index (χ0v) is 19.6. The highest BCUT2D eigenvalue weighted by Gasteiger charge is 2.27. The lowest BCUT2D eigenvalue weighted by molar-refractivity contribution is 0.0674. The summed E-state index contributed by atoms with van der Waals surface area (Å²) in [4.78, 5) is 27.7. The lowest BCUT2D eigenvalue weighted by Crippen LogP contribution is -2.40. The molecule has 1 unspecified atom stereocenters. The Labute approximate surface area is 185 Å². The van der Waals surface area contributed by atoms with Gasteiger partial charge in [-0.1, -0.05) is 12.1 Å². The van der Waals surface area contributed by atoms with Crippen LogP contribution in [0.2, 0.25) is 0 Å². The lowest BCUT2D eigenvalue weighted by atomic mass is 9.99. The number of likely N-dealkylation sites (N-methyl/N-ethyl adjacent to an activating group) is 1.